The number of benzene rings is 1. The predicted octanol–water partition coefficient (Wildman–Crippen LogP) is 2.34. The molecule has 0 spiro atoms. The van der Waals surface area contributed by atoms with E-state index in [0.717, 1.165) is 6.29 Å². The van der Waals surface area contributed by atoms with Crippen LogP contribution in [0.15, 0.2) is 35.2 Å². The average molecular weight is 261 g/mol. The van der Waals surface area contributed by atoms with Gasteiger partial charge in [0.05, 0.1) is 12.1 Å². The molecule has 0 saturated carbocycles. The standard InChI is InChI=1S/C13H11NO3S/c15-5-2-6-17-11-4-1-3-10(7-11)13(16)12-8-18-9-14-12/h1,3-5,7-9H,2,6H2. The molecule has 1 aromatic carbocycles. The molecule has 0 aliphatic heterocycles. The predicted molar refractivity (Wildman–Crippen MR) is 68.2 cm³/mol. The molecule has 0 N–H and O–H groups in total. The number of ether oxygens (including phenoxy) is 1. The highest BCUT2D eigenvalue weighted by atomic mass is 32.1. The van der Waals surface area contributed by atoms with Gasteiger partial charge in [0, 0.05) is 17.4 Å². The van der Waals surface area contributed by atoms with Gasteiger partial charge in [0.2, 0.25) is 5.78 Å². The minimum Gasteiger partial charge on any atom is -0.493 e. The van der Waals surface area contributed by atoms with E-state index >= 15 is 0 Å². The zero-order valence-corrected chi connectivity index (χ0v) is 10.4. The Morgan fingerprint density at radius 3 is 3.06 bits per heavy atom. The first-order chi connectivity index (χ1) is 8.81. The van der Waals surface area contributed by atoms with Crippen LogP contribution in [-0.4, -0.2) is 23.7 Å². The topological polar surface area (TPSA) is 56.3 Å². The fraction of sp³-hybridized carbons (Fsp3) is 0.154. The molecule has 0 fully saturated rings. The third-order valence-electron chi connectivity index (χ3n) is 2.27. The lowest BCUT2D eigenvalue weighted by atomic mass is 10.1. The fourth-order valence-corrected chi connectivity index (χ4v) is 1.96. The molecule has 4 nitrogen and oxygen atoms in total. The van der Waals surface area contributed by atoms with Crippen LogP contribution >= 0.6 is 11.3 Å². The van der Waals surface area contributed by atoms with E-state index in [2.05, 4.69) is 4.98 Å². The van der Waals surface area contributed by atoms with Crippen molar-refractivity contribution in [2.24, 2.45) is 0 Å². The number of rotatable bonds is 6. The summed E-state index contributed by atoms with van der Waals surface area (Å²) in [6, 6.07) is 6.87. The van der Waals surface area contributed by atoms with Crippen LogP contribution < -0.4 is 4.74 Å². The maximum atomic E-state index is 12.0. The third kappa shape index (κ3) is 3.01. The van der Waals surface area contributed by atoms with E-state index < -0.39 is 0 Å². The van der Waals surface area contributed by atoms with E-state index in [0.29, 0.717) is 30.0 Å². The van der Waals surface area contributed by atoms with E-state index in [-0.39, 0.29) is 5.78 Å². The zero-order chi connectivity index (χ0) is 12.8. The minimum absolute atomic E-state index is 0.128. The lowest BCUT2D eigenvalue weighted by molar-refractivity contribution is -0.108. The molecule has 0 amide bonds. The monoisotopic (exact) mass is 261 g/mol. The van der Waals surface area contributed by atoms with Gasteiger partial charge in [0.15, 0.2) is 0 Å². The largest absolute Gasteiger partial charge is 0.493 e. The molecule has 18 heavy (non-hydrogen) atoms. The molecule has 92 valence electrons. The van der Waals surface area contributed by atoms with Crippen molar-refractivity contribution in [3.05, 3.63) is 46.4 Å². The van der Waals surface area contributed by atoms with Crippen molar-refractivity contribution < 1.29 is 14.3 Å². The summed E-state index contributed by atoms with van der Waals surface area (Å²) in [4.78, 5) is 26.2. The highest BCUT2D eigenvalue weighted by molar-refractivity contribution is 7.07. The first-order valence-corrected chi connectivity index (χ1v) is 6.35. The van der Waals surface area contributed by atoms with Crippen LogP contribution in [0.25, 0.3) is 0 Å². The highest BCUT2D eigenvalue weighted by Gasteiger charge is 2.11. The molecule has 0 aliphatic carbocycles. The van der Waals surface area contributed by atoms with Gasteiger partial charge in [-0.1, -0.05) is 12.1 Å². The van der Waals surface area contributed by atoms with Gasteiger partial charge >= 0.3 is 0 Å². The summed E-state index contributed by atoms with van der Waals surface area (Å²) in [5, 5.41) is 1.71. The van der Waals surface area contributed by atoms with Crippen molar-refractivity contribution in [3.63, 3.8) is 0 Å². The van der Waals surface area contributed by atoms with Crippen LogP contribution in [0.3, 0.4) is 0 Å². The quantitative estimate of drug-likeness (QED) is 0.455. The molecular formula is C13H11NO3S. The SMILES string of the molecule is O=CCCOc1cccc(C(=O)c2cscn2)c1. The molecule has 0 unspecified atom stereocenters. The Labute approximate surface area is 108 Å². The van der Waals surface area contributed by atoms with Gasteiger partial charge in [-0.25, -0.2) is 4.98 Å². The zero-order valence-electron chi connectivity index (χ0n) is 9.54. The van der Waals surface area contributed by atoms with Gasteiger partial charge in [-0.2, -0.15) is 0 Å². The lowest BCUT2D eigenvalue weighted by Crippen LogP contribution is -2.03. The summed E-state index contributed by atoms with van der Waals surface area (Å²) < 4.78 is 5.35. The van der Waals surface area contributed by atoms with Gasteiger partial charge in [-0.15, -0.1) is 11.3 Å². The Morgan fingerprint density at radius 2 is 2.33 bits per heavy atom. The van der Waals surface area contributed by atoms with Crippen LogP contribution in [0.1, 0.15) is 22.5 Å². The summed E-state index contributed by atoms with van der Waals surface area (Å²) in [5.41, 5.74) is 2.59. The number of aldehydes is 1. The van der Waals surface area contributed by atoms with Gasteiger partial charge in [0.25, 0.3) is 0 Å². The van der Waals surface area contributed by atoms with Crippen LogP contribution in [0.4, 0.5) is 0 Å². The van der Waals surface area contributed by atoms with E-state index in [1.807, 2.05) is 0 Å². The number of carbonyl (C=O) groups is 2. The number of nitrogens with zero attached hydrogens (tertiary/aromatic N) is 1. The van der Waals surface area contributed by atoms with Crippen LogP contribution in [0.2, 0.25) is 0 Å². The van der Waals surface area contributed by atoms with Gasteiger partial charge in [-0.3, -0.25) is 4.79 Å². The summed E-state index contributed by atoms with van der Waals surface area (Å²) >= 11 is 1.38. The Bertz CT molecular complexity index is 537. The molecule has 2 aromatic rings. The first kappa shape index (κ1) is 12.4. The maximum absolute atomic E-state index is 12.0. The van der Waals surface area contributed by atoms with Gasteiger partial charge in [0.1, 0.15) is 17.7 Å². The summed E-state index contributed by atoms with van der Waals surface area (Å²) in [7, 11) is 0. The van der Waals surface area contributed by atoms with Crippen molar-refractivity contribution in [3.8, 4) is 5.75 Å². The number of hydrogen-bond donors (Lipinski definition) is 0. The second-order valence-corrected chi connectivity index (χ2v) is 4.25. The molecule has 0 aliphatic rings. The Morgan fingerprint density at radius 1 is 1.44 bits per heavy atom. The Kier molecular flexibility index (Phi) is 4.20. The van der Waals surface area contributed by atoms with Crippen molar-refractivity contribution in [2.75, 3.05) is 6.61 Å². The Balaban J connectivity index is 2.12. The highest BCUT2D eigenvalue weighted by Crippen LogP contribution is 2.16. The number of hydrogen-bond acceptors (Lipinski definition) is 5. The molecule has 0 bridgehead atoms. The van der Waals surface area contributed by atoms with E-state index in [9.17, 15) is 9.59 Å². The number of ketones is 1. The van der Waals surface area contributed by atoms with Crippen LogP contribution in [-0.2, 0) is 4.79 Å². The van der Waals surface area contributed by atoms with E-state index in [4.69, 9.17) is 4.74 Å². The van der Waals surface area contributed by atoms with Gasteiger partial charge in [-0.05, 0) is 12.1 Å². The fourth-order valence-electron chi connectivity index (χ4n) is 1.42. The molecule has 5 heteroatoms. The molecule has 1 aromatic heterocycles. The normalized spacial score (nSPS) is 10.0. The maximum Gasteiger partial charge on any atom is 0.212 e. The molecule has 2 rings (SSSR count). The summed E-state index contributed by atoms with van der Waals surface area (Å²) in [6.45, 7) is 0.317. The second-order valence-electron chi connectivity index (χ2n) is 3.53. The third-order valence-corrected chi connectivity index (χ3v) is 2.85. The van der Waals surface area contributed by atoms with Crippen LogP contribution in [0.5, 0.6) is 5.75 Å². The number of thiazole rings is 1. The average Bonchev–Trinajstić information content (AvgIpc) is 2.92. The number of aromatic nitrogens is 1. The van der Waals surface area contributed by atoms with Crippen molar-refractivity contribution >= 4 is 23.4 Å². The van der Waals surface area contributed by atoms with Crippen molar-refractivity contribution in [2.45, 2.75) is 6.42 Å². The van der Waals surface area contributed by atoms with E-state index in [1.165, 1.54) is 11.3 Å². The second kappa shape index (κ2) is 6.07. The molecule has 0 saturated heterocycles. The van der Waals surface area contributed by atoms with Crippen LogP contribution in [0, 0.1) is 0 Å². The molecular weight excluding hydrogens is 250 g/mol. The van der Waals surface area contributed by atoms with Crippen molar-refractivity contribution in [1.82, 2.24) is 4.98 Å². The van der Waals surface area contributed by atoms with Gasteiger partial charge < -0.3 is 9.53 Å². The molecule has 1 heterocycles. The summed E-state index contributed by atoms with van der Waals surface area (Å²) in [6.07, 6.45) is 1.13. The molecule has 0 radical (unpaired) electrons. The summed E-state index contributed by atoms with van der Waals surface area (Å²) in [5.74, 6) is 0.454. The van der Waals surface area contributed by atoms with Crippen molar-refractivity contribution in [1.29, 1.82) is 0 Å². The molecule has 0 atom stereocenters. The smallest absolute Gasteiger partial charge is 0.212 e. The first-order valence-electron chi connectivity index (χ1n) is 5.40. The lowest BCUT2D eigenvalue weighted by Gasteiger charge is -2.05. The van der Waals surface area contributed by atoms with E-state index in [1.54, 1.807) is 35.2 Å². The Hall–Kier alpha value is -2.01. The number of carbonyl (C=O) groups excluding carboxylic acids is 2. The minimum atomic E-state index is -0.128.